The fourth-order valence-corrected chi connectivity index (χ4v) is 2.72. The van der Waals surface area contributed by atoms with E-state index in [0.29, 0.717) is 6.10 Å². The zero-order valence-electron chi connectivity index (χ0n) is 13.0. The molecule has 1 saturated heterocycles. The minimum absolute atomic E-state index is 0.453. The maximum absolute atomic E-state index is 5.66. The third kappa shape index (κ3) is 3.80. The van der Waals surface area contributed by atoms with Gasteiger partial charge in [-0.2, -0.15) is 0 Å². The highest BCUT2D eigenvalue weighted by atomic mass is 16.5. The van der Waals surface area contributed by atoms with Crippen LogP contribution in [0.1, 0.15) is 25.7 Å². The lowest BCUT2D eigenvalue weighted by Crippen LogP contribution is -2.22. The first-order chi connectivity index (χ1) is 10.8. The summed E-state index contributed by atoms with van der Waals surface area (Å²) < 4.78 is 5.66. The maximum atomic E-state index is 5.66. The first-order valence-electron chi connectivity index (χ1n) is 7.90. The van der Waals surface area contributed by atoms with Crippen LogP contribution in [-0.4, -0.2) is 41.3 Å². The van der Waals surface area contributed by atoms with Gasteiger partial charge in [0.1, 0.15) is 0 Å². The van der Waals surface area contributed by atoms with Crippen LogP contribution in [-0.2, 0) is 4.74 Å². The van der Waals surface area contributed by atoms with Crippen LogP contribution >= 0.6 is 0 Å². The Labute approximate surface area is 131 Å². The Morgan fingerprint density at radius 3 is 2.91 bits per heavy atom. The molecule has 2 aromatic heterocycles. The van der Waals surface area contributed by atoms with Crippen LogP contribution in [0.4, 0.5) is 5.95 Å². The van der Waals surface area contributed by atoms with E-state index in [-0.39, 0.29) is 0 Å². The van der Waals surface area contributed by atoms with Crippen molar-refractivity contribution in [1.82, 2.24) is 15.0 Å². The van der Waals surface area contributed by atoms with Gasteiger partial charge in [-0.1, -0.05) is 6.07 Å². The van der Waals surface area contributed by atoms with Gasteiger partial charge in [-0.25, -0.2) is 9.97 Å². The third-order valence-electron chi connectivity index (χ3n) is 3.96. The Bertz CT molecular complexity index is 584. The molecule has 0 amide bonds. The summed E-state index contributed by atoms with van der Waals surface area (Å²) in [7, 11) is 2.03. The smallest absolute Gasteiger partial charge is 0.225 e. The van der Waals surface area contributed by atoms with E-state index in [0.717, 1.165) is 43.3 Å². The Kier molecular flexibility index (Phi) is 4.96. The average molecular weight is 298 g/mol. The lowest BCUT2D eigenvalue weighted by Gasteiger charge is -2.18. The summed E-state index contributed by atoms with van der Waals surface area (Å²) in [6.07, 6.45) is 8.65. The lowest BCUT2D eigenvalue weighted by molar-refractivity contribution is 0.103. The highest BCUT2D eigenvalue weighted by molar-refractivity contribution is 5.54. The SMILES string of the molecule is CN(CCC[C@@H]1CCCO1)c1nccc(-c2ccccn2)n1. The van der Waals surface area contributed by atoms with Crippen molar-refractivity contribution < 1.29 is 4.74 Å². The molecule has 1 atom stereocenters. The van der Waals surface area contributed by atoms with Crippen molar-refractivity contribution in [1.29, 1.82) is 0 Å². The van der Waals surface area contributed by atoms with Crippen LogP contribution in [0.3, 0.4) is 0 Å². The Morgan fingerprint density at radius 2 is 2.14 bits per heavy atom. The molecule has 5 heteroatoms. The normalized spacial score (nSPS) is 17.6. The molecule has 0 aromatic carbocycles. The molecule has 3 heterocycles. The second-order valence-electron chi connectivity index (χ2n) is 5.66. The number of hydrogen-bond acceptors (Lipinski definition) is 5. The highest BCUT2D eigenvalue weighted by Gasteiger charge is 2.15. The molecule has 2 aromatic rings. The van der Waals surface area contributed by atoms with Gasteiger partial charge in [-0.3, -0.25) is 4.98 Å². The Balaban J connectivity index is 1.59. The predicted molar refractivity (Wildman–Crippen MR) is 86.7 cm³/mol. The molecular formula is C17H22N4O. The van der Waals surface area contributed by atoms with E-state index in [1.54, 1.807) is 12.4 Å². The largest absolute Gasteiger partial charge is 0.378 e. The van der Waals surface area contributed by atoms with E-state index in [9.17, 15) is 0 Å². The molecule has 1 aliphatic rings. The second-order valence-corrected chi connectivity index (χ2v) is 5.66. The van der Waals surface area contributed by atoms with Crippen molar-refractivity contribution >= 4 is 5.95 Å². The summed E-state index contributed by atoms with van der Waals surface area (Å²) in [5, 5.41) is 0. The minimum Gasteiger partial charge on any atom is -0.378 e. The number of aromatic nitrogens is 3. The molecule has 0 bridgehead atoms. The molecule has 5 nitrogen and oxygen atoms in total. The summed E-state index contributed by atoms with van der Waals surface area (Å²) >= 11 is 0. The molecule has 0 saturated carbocycles. The zero-order chi connectivity index (χ0) is 15.2. The molecular weight excluding hydrogens is 276 g/mol. The van der Waals surface area contributed by atoms with Crippen LogP contribution in [0.15, 0.2) is 36.7 Å². The summed E-state index contributed by atoms with van der Waals surface area (Å²) in [6, 6.07) is 7.73. The van der Waals surface area contributed by atoms with Crippen LogP contribution < -0.4 is 4.90 Å². The number of rotatable bonds is 6. The number of anilines is 1. The molecule has 0 N–H and O–H groups in total. The number of hydrogen-bond donors (Lipinski definition) is 0. The number of pyridine rings is 1. The van der Waals surface area contributed by atoms with Crippen molar-refractivity contribution in [2.24, 2.45) is 0 Å². The first kappa shape index (κ1) is 14.9. The first-order valence-corrected chi connectivity index (χ1v) is 7.90. The maximum Gasteiger partial charge on any atom is 0.225 e. The molecule has 116 valence electrons. The molecule has 22 heavy (non-hydrogen) atoms. The summed E-state index contributed by atoms with van der Waals surface area (Å²) in [6.45, 7) is 1.86. The topological polar surface area (TPSA) is 51.1 Å². The molecule has 0 aliphatic carbocycles. The van der Waals surface area contributed by atoms with Crippen molar-refractivity contribution in [3.8, 4) is 11.4 Å². The van der Waals surface area contributed by atoms with Gasteiger partial charge in [0.25, 0.3) is 0 Å². The van der Waals surface area contributed by atoms with Crippen molar-refractivity contribution in [3.63, 3.8) is 0 Å². The van der Waals surface area contributed by atoms with E-state index in [4.69, 9.17) is 4.74 Å². The second kappa shape index (κ2) is 7.31. The quantitative estimate of drug-likeness (QED) is 0.820. The van der Waals surface area contributed by atoms with Gasteiger partial charge in [-0.05, 0) is 43.9 Å². The van der Waals surface area contributed by atoms with E-state index in [1.165, 1.54) is 12.8 Å². The van der Waals surface area contributed by atoms with Gasteiger partial charge in [0.2, 0.25) is 5.95 Å². The molecule has 1 fully saturated rings. The van der Waals surface area contributed by atoms with Gasteiger partial charge in [0.15, 0.2) is 0 Å². The summed E-state index contributed by atoms with van der Waals surface area (Å²) in [4.78, 5) is 15.4. The van der Waals surface area contributed by atoms with Crippen molar-refractivity contribution in [3.05, 3.63) is 36.7 Å². The molecule has 0 spiro atoms. The molecule has 3 rings (SSSR count). The van der Waals surface area contributed by atoms with E-state index in [2.05, 4.69) is 19.9 Å². The molecule has 1 aliphatic heterocycles. The third-order valence-corrected chi connectivity index (χ3v) is 3.96. The van der Waals surface area contributed by atoms with E-state index < -0.39 is 0 Å². The Hall–Kier alpha value is -2.01. The van der Waals surface area contributed by atoms with Crippen LogP contribution in [0.5, 0.6) is 0 Å². The van der Waals surface area contributed by atoms with Gasteiger partial charge in [0.05, 0.1) is 17.5 Å². The Morgan fingerprint density at radius 1 is 1.18 bits per heavy atom. The van der Waals surface area contributed by atoms with Crippen molar-refractivity contribution in [2.45, 2.75) is 31.8 Å². The van der Waals surface area contributed by atoms with Crippen molar-refractivity contribution in [2.75, 3.05) is 25.1 Å². The fraction of sp³-hybridized carbons (Fsp3) is 0.471. The van der Waals surface area contributed by atoms with Crippen LogP contribution in [0, 0.1) is 0 Å². The minimum atomic E-state index is 0.453. The zero-order valence-corrected chi connectivity index (χ0v) is 13.0. The molecule has 0 unspecified atom stereocenters. The summed E-state index contributed by atoms with van der Waals surface area (Å²) in [5.41, 5.74) is 1.73. The van der Waals surface area contributed by atoms with Crippen LogP contribution in [0.2, 0.25) is 0 Å². The number of ether oxygens (including phenoxy) is 1. The lowest BCUT2D eigenvalue weighted by atomic mass is 10.1. The monoisotopic (exact) mass is 298 g/mol. The highest BCUT2D eigenvalue weighted by Crippen LogP contribution is 2.18. The van der Waals surface area contributed by atoms with E-state index >= 15 is 0 Å². The van der Waals surface area contributed by atoms with Gasteiger partial charge >= 0.3 is 0 Å². The summed E-state index contributed by atoms with van der Waals surface area (Å²) in [5.74, 6) is 0.746. The average Bonchev–Trinajstić information content (AvgIpc) is 3.09. The van der Waals surface area contributed by atoms with Gasteiger partial charge < -0.3 is 9.64 Å². The van der Waals surface area contributed by atoms with Gasteiger partial charge in [0, 0.05) is 32.6 Å². The molecule has 0 radical (unpaired) electrons. The predicted octanol–water partition coefficient (Wildman–Crippen LogP) is 2.93. The van der Waals surface area contributed by atoms with E-state index in [1.807, 2.05) is 31.3 Å². The fourth-order valence-electron chi connectivity index (χ4n) is 2.72. The van der Waals surface area contributed by atoms with Gasteiger partial charge in [-0.15, -0.1) is 0 Å². The standard InChI is InChI=1S/C17H22N4O/c1-21(12-4-6-14-7-5-13-22-14)17-19-11-9-16(20-17)15-8-2-3-10-18-15/h2-3,8-11,14H,4-7,12-13H2,1H3/t14-/m1/s1. The number of nitrogens with zero attached hydrogens (tertiary/aromatic N) is 4. The van der Waals surface area contributed by atoms with Crippen LogP contribution in [0.25, 0.3) is 11.4 Å².